The number of carbonyl (C=O) groups excluding carboxylic acids is 1. The summed E-state index contributed by atoms with van der Waals surface area (Å²) in [4.78, 5) is 14.3. The summed E-state index contributed by atoms with van der Waals surface area (Å²) in [6.45, 7) is 3.54. The van der Waals surface area contributed by atoms with Crippen LogP contribution < -0.4 is 11.1 Å². The molecule has 1 saturated carbocycles. The van der Waals surface area contributed by atoms with Gasteiger partial charge in [0.15, 0.2) is 0 Å². The molecule has 0 aromatic carbocycles. The predicted molar refractivity (Wildman–Crippen MR) is 83.8 cm³/mol. The summed E-state index contributed by atoms with van der Waals surface area (Å²) in [5.74, 6) is 0.896. The summed E-state index contributed by atoms with van der Waals surface area (Å²) in [5, 5.41) is 13.2. The first-order chi connectivity index (χ1) is 10.2. The molecule has 5 nitrogen and oxygen atoms in total. The number of nitrogens with zero attached hydrogens (tertiary/aromatic N) is 1. The van der Waals surface area contributed by atoms with Crippen molar-refractivity contribution in [3.05, 3.63) is 0 Å². The minimum Gasteiger partial charge on any atom is -0.392 e. The summed E-state index contributed by atoms with van der Waals surface area (Å²) in [5.41, 5.74) is 5.42. The zero-order valence-corrected chi connectivity index (χ0v) is 13.1. The quantitative estimate of drug-likeness (QED) is 0.647. The molecule has 122 valence electrons. The van der Waals surface area contributed by atoms with Crippen molar-refractivity contribution in [2.45, 2.75) is 51.0 Å². The second-order valence-corrected chi connectivity index (χ2v) is 6.72. The molecule has 2 atom stereocenters. The Bertz CT molecular complexity index is 319. The first-order valence-corrected chi connectivity index (χ1v) is 8.57. The first kappa shape index (κ1) is 16.7. The van der Waals surface area contributed by atoms with Crippen LogP contribution in [0.4, 0.5) is 0 Å². The van der Waals surface area contributed by atoms with Crippen LogP contribution >= 0.6 is 0 Å². The number of hydrogen-bond acceptors (Lipinski definition) is 4. The molecule has 0 aromatic rings. The summed E-state index contributed by atoms with van der Waals surface area (Å²) < 4.78 is 0. The molecule has 2 rings (SSSR count). The molecule has 0 bridgehead atoms. The molecule has 0 spiro atoms. The third kappa shape index (κ3) is 5.57. The van der Waals surface area contributed by atoms with Crippen LogP contribution in [0.25, 0.3) is 0 Å². The smallest absolute Gasteiger partial charge is 0.224 e. The van der Waals surface area contributed by atoms with Gasteiger partial charge < -0.3 is 16.2 Å². The van der Waals surface area contributed by atoms with E-state index in [0.29, 0.717) is 19.0 Å². The highest BCUT2D eigenvalue weighted by molar-refractivity contribution is 5.78. The van der Waals surface area contributed by atoms with Gasteiger partial charge in [-0.05, 0) is 31.7 Å². The Morgan fingerprint density at radius 3 is 2.76 bits per heavy atom. The van der Waals surface area contributed by atoms with E-state index in [1.807, 2.05) is 0 Å². The van der Waals surface area contributed by atoms with Crippen molar-refractivity contribution in [3.8, 4) is 0 Å². The summed E-state index contributed by atoms with van der Waals surface area (Å²) in [7, 11) is 0. The number of nitrogens with one attached hydrogen (secondary N) is 1. The van der Waals surface area contributed by atoms with Crippen molar-refractivity contribution in [2.75, 3.05) is 32.7 Å². The lowest BCUT2D eigenvalue weighted by Crippen LogP contribution is -2.46. The number of hydrogen-bond donors (Lipinski definition) is 3. The van der Waals surface area contributed by atoms with Gasteiger partial charge in [0.1, 0.15) is 0 Å². The van der Waals surface area contributed by atoms with Crippen LogP contribution in [-0.4, -0.2) is 54.7 Å². The fourth-order valence-corrected chi connectivity index (χ4v) is 3.78. The standard InChI is InChI=1S/C16H31N3O2/c17-7-8-18-16(21)14-6-3-9-19(11-14)12-15(20)10-13-4-1-2-5-13/h13-15,20H,1-12,17H2,(H,18,21). The lowest BCUT2D eigenvalue weighted by Gasteiger charge is -2.33. The Hall–Kier alpha value is -0.650. The largest absolute Gasteiger partial charge is 0.392 e. The number of β-amino-alcohol motifs (C(OH)–C–C–N with tert-alkyl or cyclic N) is 1. The molecule has 2 aliphatic rings. The molecule has 1 aliphatic heterocycles. The maximum Gasteiger partial charge on any atom is 0.224 e. The van der Waals surface area contributed by atoms with Crippen molar-refractivity contribution < 1.29 is 9.90 Å². The molecule has 0 aromatic heterocycles. The van der Waals surface area contributed by atoms with Crippen molar-refractivity contribution in [3.63, 3.8) is 0 Å². The van der Waals surface area contributed by atoms with Gasteiger partial charge in [-0.25, -0.2) is 0 Å². The van der Waals surface area contributed by atoms with Gasteiger partial charge in [0.2, 0.25) is 5.91 Å². The average molecular weight is 297 g/mol. The highest BCUT2D eigenvalue weighted by atomic mass is 16.3. The number of nitrogens with two attached hydrogens (primary N) is 1. The predicted octanol–water partition coefficient (Wildman–Crippen LogP) is 0.714. The number of likely N-dealkylation sites (tertiary alicyclic amines) is 1. The van der Waals surface area contributed by atoms with E-state index in [9.17, 15) is 9.90 Å². The van der Waals surface area contributed by atoms with Gasteiger partial charge >= 0.3 is 0 Å². The Kier molecular flexibility index (Phi) is 6.93. The Morgan fingerprint density at radius 1 is 1.29 bits per heavy atom. The highest BCUT2D eigenvalue weighted by Gasteiger charge is 2.27. The van der Waals surface area contributed by atoms with Crippen LogP contribution in [0.3, 0.4) is 0 Å². The number of carbonyl (C=O) groups is 1. The first-order valence-electron chi connectivity index (χ1n) is 8.57. The lowest BCUT2D eigenvalue weighted by molar-refractivity contribution is -0.126. The van der Waals surface area contributed by atoms with Crippen molar-refractivity contribution in [2.24, 2.45) is 17.6 Å². The van der Waals surface area contributed by atoms with E-state index in [-0.39, 0.29) is 17.9 Å². The van der Waals surface area contributed by atoms with E-state index in [4.69, 9.17) is 5.73 Å². The van der Waals surface area contributed by atoms with Crippen LogP contribution in [0.2, 0.25) is 0 Å². The minimum atomic E-state index is -0.237. The minimum absolute atomic E-state index is 0.0592. The second-order valence-electron chi connectivity index (χ2n) is 6.72. The fourth-order valence-electron chi connectivity index (χ4n) is 3.78. The van der Waals surface area contributed by atoms with E-state index in [1.54, 1.807) is 0 Å². The average Bonchev–Trinajstić information content (AvgIpc) is 2.97. The SMILES string of the molecule is NCCNC(=O)C1CCCN(CC(O)CC2CCCC2)C1. The number of aliphatic hydroxyl groups is 1. The second kappa shape index (κ2) is 8.71. The van der Waals surface area contributed by atoms with Crippen molar-refractivity contribution >= 4 is 5.91 Å². The van der Waals surface area contributed by atoms with Crippen LogP contribution in [-0.2, 0) is 4.79 Å². The lowest BCUT2D eigenvalue weighted by atomic mass is 9.95. The molecule has 5 heteroatoms. The maximum atomic E-state index is 12.0. The number of aliphatic hydroxyl groups excluding tert-OH is 1. The maximum absolute atomic E-state index is 12.0. The molecule has 21 heavy (non-hydrogen) atoms. The Labute approximate surface area is 128 Å². The zero-order chi connectivity index (χ0) is 15.1. The molecule has 4 N–H and O–H groups in total. The van der Waals surface area contributed by atoms with Crippen molar-refractivity contribution in [1.29, 1.82) is 0 Å². The third-order valence-corrected chi connectivity index (χ3v) is 4.87. The van der Waals surface area contributed by atoms with Crippen LogP contribution in [0.1, 0.15) is 44.9 Å². The molecule has 2 unspecified atom stereocenters. The molecule has 2 fully saturated rings. The topological polar surface area (TPSA) is 78.6 Å². The van der Waals surface area contributed by atoms with Gasteiger partial charge in [-0.3, -0.25) is 9.69 Å². The Balaban J connectivity index is 1.71. The van der Waals surface area contributed by atoms with Gasteiger partial charge in [-0.1, -0.05) is 25.7 Å². The van der Waals surface area contributed by atoms with Gasteiger partial charge in [0, 0.05) is 26.2 Å². The summed E-state index contributed by atoms with van der Waals surface area (Å²) >= 11 is 0. The number of amides is 1. The van der Waals surface area contributed by atoms with E-state index >= 15 is 0 Å². The van der Waals surface area contributed by atoms with Crippen molar-refractivity contribution in [1.82, 2.24) is 10.2 Å². The number of piperidine rings is 1. The summed E-state index contributed by atoms with van der Waals surface area (Å²) in [6.07, 6.45) is 7.89. The number of rotatable bonds is 7. The van der Waals surface area contributed by atoms with Crippen LogP contribution in [0.15, 0.2) is 0 Å². The Morgan fingerprint density at radius 2 is 2.05 bits per heavy atom. The molecule has 0 radical (unpaired) electrons. The third-order valence-electron chi connectivity index (χ3n) is 4.87. The fraction of sp³-hybridized carbons (Fsp3) is 0.938. The molecular weight excluding hydrogens is 266 g/mol. The van der Waals surface area contributed by atoms with E-state index in [1.165, 1.54) is 25.7 Å². The molecule has 1 amide bonds. The summed E-state index contributed by atoms with van der Waals surface area (Å²) in [6, 6.07) is 0. The van der Waals surface area contributed by atoms with Gasteiger partial charge in [0.25, 0.3) is 0 Å². The highest BCUT2D eigenvalue weighted by Crippen LogP contribution is 2.29. The van der Waals surface area contributed by atoms with E-state index < -0.39 is 0 Å². The van der Waals surface area contributed by atoms with E-state index in [0.717, 1.165) is 38.9 Å². The van der Waals surface area contributed by atoms with Gasteiger partial charge in [-0.2, -0.15) is 0 Å². The van der Waals surface area contributed by atoms with E-state index in [2.05, 4.69) is 10.2 Å². The molecular formula is C16H31N3O2. The zero-order valence-electron chi connectivity index (χ0n) is 13.1. The monoisotopic (exact) mass is 297 g/mol. The van der Waals surface area contributed by atoms with Gasteiger partial charge in [-0.15, -0.1) is 0 Å². The normalized spacial score (nSPS) is 25.9. The molecule has 1 saturated heterocycles. The van der Waals surface area contributed by atoms with Gasteiger partial charge in [0.05, 0.1) is 12.0 Å². The molecule has 1 heterocycles. The van der Waals surface area contributed by atoms with Crippen LogP contribution in [0, 0.1) is 11.8 Å². The van der Waals surface area contributed by atoms with Crippen LogP contribution in [0.5, 0.6) is 0 Å². The molecule has 1 aliphatic carbocycles.